The van der Waals surface area contributed by atoms with Crippen LogP contribution in [0.25, 0.3) is 21.9 Å². The summed E-state index contributed by atoms with van der Waals surface area (Å²) in [6.45, 7) is 1.80. The SMILES string of the molecule is COc1ccc(-c2ccc3cc(C(=O)N(C)C(C)CC(N)=O)ccc3c2)cc1Cl. The molecule has 0 saturated heterocycles. The van der Waals surface area contributed by atoms with Gasteiger partial charge in [-0.2, -0.15) is 0 Å². The lowest BCUT2D eigenvalue weighted by Crippen LogP contribution is -2.37. The molecule has 0 spiro atoms. The highest BCUT2D eigenvalue weighted by Gasteiger charge is 2.19. The maximum Gasteiger partial charge on any atom is 0.253 e. The van der Waals surface area contributed by atoms with Gasteiger partial charge in [0.25, 0.3) is 5.91 Å². The molecule has 3 aromatic rings. The Bertz CT molecular complexity index is 1080. The van der Waals surface area contributed by atoms with Gasteiger partial charge in [0.1, 0.15) is 5.75 Å². The van der Waals surface area contributed by atoms with Gasteiger partial charge < -0.3 is 15.4 Å². The zero-order valence-electron chi connectivity index (χ0n) is 16.6. The molecule has 2 amide bonds. The first-order valence-electron chi connectivity index (χ1n) is 9.23. The van der Waals surface area contributed by atoms with E-state index < -0.39 is 5.91 Å². The van der Waals surface area contributed by atoms with Crippen molar-refractivity contribution in [2.24, 2.45) is 5.73 Å². The van der Waals surface area contributed by atoms with Gasteiger partial charge in [-0.05, 0) is 59.2 Å². The number of hydrogen-bond acceptors (Lipinski definition) is 3. The van der Waals surface area contributed by atoms with E-state index in [9.17, 15) is 9.59 Å². The van der Waals surface area contributed by atoms with Gasteiger partial charge in [-0.15, -0.1) is 0 Å². The van der Waals surface area contributed by atoms with E-state index in [-0.39, 0.29) is 18.4 Å². The van der Waals surface area contributed by atoms with Gasteiger partial charge >= 0.3 is 0 Å². The molecule has 3 aromatic carbocycles. The van der Waals surface area contributed by atoms with Crippen molar-refractivity contribution in [1.82, 2.24) is 4.90 Å². The number of ether oxygens (including phenoxy) is 1. The number of nitrogens with two attached hydrogens (primary N) is 1. The molecular weight excluding hydrogens is 388 g/mol. The molecule has 2 N–H and O–H groups in total. The van der Waals surface area contributed by atoms with E-state index in [0.717, 1.165) is 21.9 Å². The van der Waals surface area contributed by atoms with Crippen LogP contribution < -0.4 is 10.5 Å². The molecule has 0 bridgehead atoms. The van der Waals surface area contributed by atoms with Crippen LogP contribution in [-0.2, 0) is 4.79 Å². The first-order chi connectivity index (χ1) is 13.8. The first kappa shape index (κ1) is 20.7. The minimum atomic E-state index is -0.429. The maximum absolute atomic E-state index is 12.7. The van der Waals surface area contributed by atoms with Crippen molar-refractivity contribution < 1.29 is 14.3 Å². The average molecular weight is 411 g/mol. The van der Waals surface area contributed by atoms with Crippen LogP contribution in [0.5, 0.6) is 5.75 Å². The Labute approximate surface area is 175 Å². The Kier molecular flexibility index (Phi) is 6.09. The number of amides is 2. The van der Waals surface area contributed by atoms with Crippen LogP contribution in [0.1, 0.15) is 23.7 Å². The standard InChI is InChI=1S/C23H23ClN2O3/c1-14(10-22(25)27)26(2)23(28)19-7-6-15-11-16(4-5-17(15)12-19)18-8-9-21(29-3)20(24)13-18/h4-9,11-14H,10H2,1-3H3,(H2,25,27). The highest BCUT2D eigenvalue weighted by molar-refractivity contribution is 6.32. The maximum atomic E-state index is 12.7. The summed E-state index contributed by atoms with van der Waals surface area (Å²) in [7, 11) is 3.26. The summed E-state index contributed by atoms with van der Waals surface area (Å²) in [5.74, 6) is 0.0579. The monoisotopic (exact) mass is 410 g/mol. The number of nitrogens with zero attached hydrogens (tertiary/aromatic N) is 1. The predicted octanol–water partition coefficient (Wildman–Crippen LogP) is 4.50. The predicted molar refractivity (Wildman–Crippen MR) is 116 cm³/mol. The number of carbonyl (C=O) groups is 2. The van der Waals surface area contributed by atoms with Gasteiger partial charge in [-0.1, -0.05) is 35.9 Å². The number of fused-ring (bicyclic) bond motifs is 1. The zero-order chi connectivity index (χ0) is 21.1. The first-order valence-corrected chi connectivity index (χ1v) is 9.61. The average Bonchev–Trinajstić information content (AvgIpc) is 2.71. The highest BCUT2D eigenvalue weighted by Crippen LogP contribution is 2.32. The van der Waals surface area contributed by atoms with Crippen LogP contribution in [0, 0.1) is 0 Å². The fourth-order valence-electron chi connectivity index (χ4n) is 3.24. The number of halogens is 1. The van der Waals surface area contributed by atoms with Crippen LogP contribution >= 0.6 is 11.6 Å². The van der Waals surface area contributed by atoms with Gasteiger partial charge in [0.15, 0.2) is 0 Å². The quantitative estimate of drug-likeness (QED) is 0.650. The van der Waals surface area contributed by atoms with Crippen molar-refractivity contribution in [3.63, 3.8) is 0 Å². The van der Waals surface area contributed by atoms with Crippen molar-refractivity contribution in [3.05, 3.63) is 65.2 Å². The van der Waals surface area contributed by atoms with Gasteiger partial charge in [0.2, 0.25) is 5.91 Å². The Balaban J connectivity index is 1.88. The highest BCUT2D eigenvalue weighted by atomic mass is 35.5. The number of primary amides is 1. The number of methoxy groups -OCH3 is 1. The third kappa shape index (κ3) is 4.51. The number of rotatable bonds is 6. The van der Waals surface area contributed by atoms with Crippen molar-refractivity contribution >= 4 is 34.2 Å². The van der Waals surface area contributed by atoms with E-state index in [1.54, 1.807) is 32.0 Å². The second-order valence-corrected chi connectivity index (χ2v) is 7.47. The topological polar surface area (TPSA) is 72.6 Å². The molecule has 150 valence electrons. The zero-order valence-corrected chi connectivity index (χ0v) is 17.4. The van der Waals surface area contributed by atoms with Crippen molar-refractivity contribution in [3.8, 4) is 16.9 Å². The summed E-state index contributed by atoms with van der Waals surface area (Å²) in [6.07, 6.45) is 0.129. The fourth-order valence-corrected chi connectivity index (χ4v) is 3.49. The lowest BCUT2D eigenvalue weighted by Gasteiger charge is -2.24. The summed E-state index contributed by atoms with van der Waals surface area (Å²) in [4.78, 5) is 25.4. The summed E-state index contributed by atoms with van der Waals surface area (Å²) in [6, 6.07) is 17.0. The van der Waals surface area contributed by atoms with Gasteiger partial charge in [-0.3, -0.25) is 9.59 Å². The normalized spacial score (nSPS) is 11.9. The lowest BCUT2D eigenvalue weighted by molar-refractivity contribution is -0.118. The molecular formula is C23H23ClN2O3. The molecule has 0 radical (unpaired) electrons. The van der Waals surface area contributed by atoms with Gasteiger partial charge in [-0.25, -0.2) is 0 Å². The van der Waals surface area contributed by atoms with Crippen LogP contribution in [0.15, 0.2) is 54.6 Å². The van der Waals surface area contributed by atoms with Crippen LogP contribution in [0.4, 0.5) is 0 Å². The number of hydrogen-bond donors (Lipinski definition) is 1. The summed E-state index contributed by atoms with van der Waals surface area (Å²) in [5.41, 5.74) is 7.81. The number of benzene rings is 3. The van der Waals surface area contributed by atoms with Gasteiger partial charge in [0.05, 0.1) is 12.1 Å². The van der Waals surface area contributed by atoms with E-state index >= 15 is 0 Å². The van der Waals surface area contributed by atoms with Crippen LogP contribution in [0.2, 0.25) is 5.02 Å². The third-order valence-electron chi connectivity index (χ3n) is 5.05. The van der Waals surface area contributed by atoms with Crippen molar-refractivity contribution in [2.45, 2.75) is 19.4 Å². The molecule has 0 heterocycles. The third-order valence-corrected chi connectivity index (χ3v) is 5.35. The second-order valence-electron chi connectivity index (χ2n) is 7.06. The van der Waals surface area contributed by atoms with E-state index in [2.05, 4.69) is 6.07 Å². The molecule has 0 aromatic heterocycles. The molecule has 5 nitrogen and oxygen atoms in total. The van der Waals surface area contributed by atoms with Crippen molar-refractivity contribution in [2.75, 3.05) is 14.2 Å². The lowest BCUT2D eigenvalue weighted by atomic mass is 9.99. The summed E-state index contributed by atoms with van der Waals surface area (Å²) < 4.78 is 5.21. The summed E-state index contributed by atoms with van der Waals surface area (Å²) in [5, 5.41) is 2.52. The van der Waals surface area contributed by atoms with E-state index in [4.69, 9.17) is 22.1 Å². The minimum Gasteiger partial charge on any atom is -0.495 e. The molecule has 3 rings (SSSR count). The Morgan fingerprint density at radius 3 is 2.31 bits per heavy atom. The molecule has 1 atom stereocenters. The van der Waals surface area contributed by atoms with Gasteiger partial charge in [0, 0.05) is 25.1 Å². The molecule has 29 heavy (non-hydrogen) atoms. The summed E-state index contributed by atoms with van der Waals surface area (Å²) >= 11 is 6.24. The second kappa shape index (κ2) is 8.53. The van der Waals surface area contributed by atoms with Crippen molar-refractivity contribution in [1.29, 1.82) is 0 Å². The molecule has 0 aliphatic carbocycles. The van der Waals surface area contributed by atoms with Crippen LogP contribution in [-0.4, -0.2) is 36.9 Å². The van der Waals surface area contributed by atoms with E-state index in [1.807, 2.05) is 42.5 Å². The minimum absolute atomic E-state index is 0.129. The molecule has 1 unspecified atom stereocenters. The Hall–Kier alpha value is -3.05. The largest absolute Gasteiger partial charge is 0.495 e. The van der Waals surface area contributed by atoms with E-state index in [0.29, 0.717) is 16.3 Å². The fraction of sp³-hybridized carbons (Fsp3) is 0.217. The molecule has 6 heteroatoms. The Morgan fingerprint density at radius 2 is 1.66 bits per heavy atom. The van der Waals surface area contributed by atoms with Crippen LogP contribution in [0.3, 0.4) is 0 Å². The molecule has 0 aliphatic rings. The number of carbonyl (C=O) groups excluding carboxylic acids is 2. The Morgan fingerprint density at radius 1 is 1.03 bits per heavy atom. The molecule has 0 fully saturated rings. The van der Waals surface area contributed by atoms with E-state index in [1.165, 1.54) is 0 Å². The smallest absolute Gasteiger partial charge is 0.253 e. The molecule has 0 saturated carbocycles. The molecule has 0 aliphatic heterocycles.